The second kappa shape index (κ2) is 8.16. The number of carbonyl (C=O) groups is 1. The third kappa shape index (κ3) is 3.65. The third-order valence-electron chi connectivity index (χ3n) is 4.85. The summed E-state index contributed by atoms with van der Waals surface area (Å²) in [6, 6.07) is 13.6. The Morgan fingerprint density at radius 2 is 2.13 bits per heavy atom. The van der Waals surface area contributed by atoms with E-state index in [1.807, 2.05) is 54.1 Å². The molecule has 0 radical (unpaired) electrons. The highest BCUT2D eigenvalue weighted by Gasteiger charge is 2.12. The molecule has 0 spiro atoms. The zero-order valence-electron chi connectivity index (χ0n) is 16.9. The second-order valence-corrected chi connectivity index (χ2v) is 6.83. The number of nitrogens with one attached hydrogen (secondary N) is 2. The first-order chi connectivity index (χ1) is 14.6. The molecule has 0 aliphatic rings. The summed E-state index contributed by atoms with van der Waals surface area (Å²) < 4.78 is 2.00. The summed E-state index contributed by atoms with van der Waals surface area (Å²) >= 11 is 0. The molecule has 2 N–H and O–H groups in total. The summed E-state index contributed by atoms with van der Waals surface area (Å²) in [7, 11) is 1.58. The molecule has 7 nitrogen and oxygen atoms in total. The lowest BCUT2D eigenvalue weighted by atomic mass is 10.1. The van der Waals surface area contributed by atoms with E-state index >= 15 is 0 Å². The first kappa shape index (κ1) is 19.3. The Balaban J connectivity index is 1.61. The van der Waals surface area contributed by atoms with Gasteiger partial charge in [-0.3, -0.25) is 24.6 Å². The second-order valence-electron chi connectivity index (χ2n) is 6.83. The third-order valence-corrected chi connectivity index (χ3v) is 4.85. The number of rotatable bonds is 6. The Hall–Kier alpha value is -4.00. The van der Waals surface area contributed by atoms with Gasteiger partial charge in [0.05, 0.1) is 23.4 Å². The van der Waals surface area contributed by atoms with Gasteiger partial charge in [0, 0.05) is 24.4 Å². The summed E-state index contributed by atoms with van der Waals surface area (Å²) in [5.74, 6) is -0.211. The van der Waals surface area contributed by atoms with E-state index in [0.717, 1.165) is 39.2 Å². The van der Waals surface area contributed by atoms with Crippen LogP contribution in [0.3, 0.4) is 0 Å². The maximum atomic E-state index is 11.7. The van der Waals surface area contributed by atoms with Crippen molar-refractivity contribution in [2.45, 2.75) is 13.5 Å². The van der Waals surface area contributed by atoms with Crippen LogP contribution >= 0.6 is 0 Å². The number of carbonyl (C=O) groups excluding carboxylic acids is 1. The van der Waals surface area contributed by atoms with Crippen molar-refractivity contribution in [1.82, 2.24) is 25.1 Å². The number of fused-ring (bicyclic) bond motifs is 1. The Bertz CT molecular complexity index is 1250. The predicted molar refractivity (Wildman–Crippen MR) is 120 cm³/mol. The Morgan fingerprint density at radius 3 is 2.83 bits per heavy atom. The standard InChI is InChI=1S/C23H22N6O/c1-4-5-16-12-15(6-8-18(16)24-2)14-29-22-20(28-29)11-10-19(27-22)17-7-9-21(26-13-17)23(30)25-3/h4-13,28H,2,14H2,1,3H3,(H,25,30)/b5-4-. The van der Waals surface area contributed by atoms with Gasteiger partial charge in [0.15, 0.2) is 5.65 Å². The quantitative estimate of drug-likeness (QED) is 0.477. The van der Waals surface area contributed by atoms with Gasteiger partial charge in [-0.05, 0) is 55.6 Å². The van der Waals surface area contributed by atoms with E-state index in [2.05, 4.69) is 33.2 Å². The number of H-pyrrole nitrogens is 1. The molecule has 7 heteroatoms. The number of hydrogen-bond donors (Lipinski definition) is 2. The van der Waals surface area contributed by atoms with Crippen LogP contribution in [0.1, 0.15) is 28.5 Å². The lowest BCUT2D eigenvalue weighted by Crippen LogP contribution is -2.18. The topological polar surface area (TPSA) is 88.0 Å². The number of pyridine rings is 2. The molecule has 4 rings (SSSR count). The molecule has 1 aromatic carbocycles. The summed E-state index contributed by atoms with van der Waals surface area (Å²) in [6.07, 6.45) is 5.68. The highest BCUT2D eigenvalue weighted by atomic mass is 16.1. The van der Waals surface area contributed by atoms with Crippen LogP contribution in [-0.2, 0) is 6.54 Å². The van der Waals surface area contributed by atoms with Crippen LogP contribution in [0.25, 0.3) is 28.5 Å². The summed E-state index contributed by atoms with van der Waals surface area (Å²) in [5.41, 5.74) is 6.93. The SMILES string of the molecule is C=Nc1ccc(Cn2[nH]c3ccc(-c4ccc(C(=O)NC)nc4)nc32)cc1/C=C\C. The van der Waals surface area contributed by atoms with Gasteiger partial charge in [-0.25, -0.2) is 4.98 Å². The Kier molecular flexibility index (Phi) is 5.26. The maximum absolute atomic E-state index is 11.7. The minimum absolute atomic E-state index is 0.211. The number of benzene rings is 1. The normalized spacial score (nSPS) is 11.3. The van der Waals surface area contributed by atoms with Crippen LogP contribution in [0.4, 0.5) is 5.69 Å². The van der Waals surface area contributed by atoms with Gasteiger partial charge in [0.25, 0.3) is 5.91 Å². The average molecular weight is 398 g/mol. The fraction of sp³-hybridized carbons (Fsp3) is 0.130. The molecular formula is C23H22N6O. The zero-order chi connectivity index (χ0) is 21.1. The molecule has 0 bridgehead atoms. The van der Waals surface area contributed by atoms with E-state index in [0.29, 0.717) is 12.2 Å². The van der Waals surface area contributed by atoms with E-state index in [1.54, 1.807) is 19.3 Å². The number of amides is 1. The molecule has 150 valence electrons. The summed E-state index contributed by atoms with van der Waals surface area (Å²) in [5, 5.41) is 5.88. The molecule has 30 heavy (non-hydrogen) atoms. The van der Waals surface area contributed by atoms with Crippen LogP contribution in [0.5, 0.6) is 0 Å². The van der Waals surface area contributed by atoms with E-state index in [-0.39, 0.29) is 5.91 Å². The van der Waals surface area contributed by atoms with Crippen molar-refractivity contribution in [2.75, 3.05) is 7.05 Å². The number of nitrogens with zero attached hydrogens (tertiary/aromatic N) is 4. The fourth-order valence-electron chi connectivity index (χ4n) is 3.31. The van der Waals surface area contributed by atoms with E-state index in [4.69, 9.17) is 4.98 Å². The summed E-state index contributed by atoms with van der Waals surface area (Å²) in [6.45, 7) is 6.28. The zero-order valence-corrected chi connectivity index (χ0v) is 16.9. The van der Waals surface area contributed by atoms with Crippen molar-refractivity contribution in [2.24, 2.45) is 4.99 Å². The predicted octanol–water partition coefficient (Wildman–Crippen LogP) is 4.20. The minimum atomic E-state index is -0.211. The van der Waals surface area contributed by atoms with E-state index < -0.39 is 0 Å². The van der Waals surface area contributed by atoms with Gasteiger partial charge >= 0.3 is 0 Å². The smallest absolute Gasteiger partial charge is 0.269 e. The van der Waals surface area contributed by atoms with Crippen molar-refractivity contribution < 1.29 is 4.79 Å². The molecule has 0 atom stereocenters. The fourth-order valence-corrected chi connectivity index (χ4v) is 3.31. The van der Waals surface area contributed by atoms with Crippen LogP contribution in [0.2, 0.25) is 0 Å². The summed E-state index contributed by atoms with van der Waals surface area (Å²) in [4.78, 5) is 24.7. The lowest BCUT2D eigenvalue weighted by molar-refractivity contribution is 0.0958. The van der Waals surface area contributed by atoms with Crippen LogP contribution < -0.4 is 5.32 Å². The Labute approximate surface area is 174 Å². The van der Waals surface area contributed by atoms with Crippen LogP contribution in [0, 0.1) is 0 Å². The van der Waals surface area contributed by atoms with Gasteiger partial charge in [-0.15, -0.1) is 0 Å². The van der Waals surface area contributed by atoms with Crippen molar-refractivity contribution in [1.29, 1.82) is 0 Å². The molecule has 0 aliphatic heterocycles. The molecule has 1 amide bonds. The van der Waals surface area contributed by atoms with Gasteiger partial charge in [-0.1, -0.05) is 18.2 Å². The van der Waals surface area contributed by atoms with Gasteiger partial charge in [0.2, 0.25) is 0 Å². The van der Waals surface area contributed by atoms with E-state index in [1.165, 1.54) is 0 Å². The van der Waals surface area contributed by atoms with Crippen LogP contribution in [-0.4, -0.2) is 39.4 Å². The molecule has 0 saturated carbocycles. The highest BCUT2D eigenvalue weighted by Crippen LogP contribution is 2.25. The number of aromatic amines is 1. The molecule has 4 aromatic rings. The first-order valence-corrected chi connectivity index (χ1v) is 9.59. The monoisotopic (exact) mass is 398 g/mol. The van der Waals surface area contributed by atoms with Crippen molar-refractivity contribution in [3.8, 4) is 11.3 Å². The highest BCUT2D eigenvalue weighted by molar-refractivity contribution is 5.92. The minimum Gasteiger partial charge on any atom is -0.354 e. The van der Waals surface area contributed by atoms with Gasteiger partial charge in [-0.2, -0.15) is 0 Å². The molecule has 3 aromatic heterocycles. The van der Waals surface area contributed by atoms with Crippen molar-refractivity contribution >= 4 is 35.6 Å². The number of hydrogen-bond acceptors (Lipinski definition) is 4. The molecule has 3 heterocycles. The van der Waals surface area contributed by atoms with Crippen molar-refractivity contribution in [3.63, 3.8) is 0 Å². The van der Waals surface area contributed by atoms with E-state index in [9.17, 15) is 4.79 Å². The van der Waals surface area contributed by atoms with Crippen LogP contribution in [0.15, 0.2) is 59.7 Å². The molecule has 0 unspecified atom stereocenters. The molecule has 0 fully saturated rings. The largest absolute Gasteiger partial charge is 0.354 e. The first-order valence-electron chi connectivity index (χ1n) is 9.59. The van der Waals surface area contributed by atoms with Crippen molar-refractivity contribution in [3.05, 3.63) is 71.6 Å². The number of aromatic nitrogens is 4. The lowest BCUT2D eigenvalue weighted by Gasteiger charge is -2.17. The molecule has 0 saturated heterocycles. The molecule has 0 aliphatic carbocycles. The number of aliphatic imine (C=N–C) groups is 1. The molecular weight excluding hydrogens is 376 g/mol. The average Bonchev–Trinajstić information content (AvgIpc) is 2.77. The van der Waals surface area contributed by atoms with Gasteiger partial charge in [0.1, 0.15) is 5.69 Å². The number of allylic oxidation sites excluding steroid dienone is 1. The van der Waals surface area contributed by atoms with Gasteiger partial charge < -0.3 is 5.32 Å². The Morgan fingerprint density at radius 1 is 1.27 bits per heavy atom. The maximum Gasteiger partial charge on any atom is 0.269 e.